The van der Waals surface area contributed by atoms with E-state index in [0.717, 1.165) is 0 Å². The molecule has 86 valence electrons. The molecule has 0 aliphatic heterocycles. The third-order valence-electron chi connectivity index (χ3n) is 3.11. The highest BCUT2D eigenvalue weighted by atomic mass is 35.5. The van der Waals surface area contributed by atoms with Gasteiger partial charge in [-0.1, -0.05) is 29.8 Å². The van der Waals surface area contributed by atoms with Crippen molar-refractivity contribution in [1.29, 1.82) is 0 Å². The Balaban J connectivity index is 2.44. The van der Waals surface area contributed by atoms with E-state index in [-0.39, 0.29) is 12.2 Å². The van der Waals surface area contributed by atoms with Crippen LogP contribution in [0.3, 0.4) is 0 Å². The zero-order chi connectivity index (χ0) is 11.8. The van der Waals surface area contributed by atoms with Gasteiger partial charge in [0.25, 0.3) is 0 Å². The van der Waals surface area contributed by atoms with Gasteiger partial charge in [-0.2, -0.15) is 0 Å². The monoisotopic (exact) mass is 239 g/mol. The molecule has 1 aromatic rings. The zero-order valence-corrected chi connectivity index (χ0v) is 9.57. The number of carbonyl (C=O) groups excluding carboxylic acids is 1. The summed E-state index contributed by atoms with van der Waals surface area (Å²) in [7, 11) is 0. The van der Waals surface area contributed by atoms with E-state index in [0.29, 0.717) is 23.4 Å². The second kappa shape index (κ2) is 4.17. The van der Waals surface area contributed by atoms with Crippen LogP contribution in [0.1, 0.15) is 24.8 Å². The first-order valence-corrected chi connectivity index (χ1v) is 5.67. The highest BCUT2D eigenvalue weighted by Gasteiger charge is 2.42. The minimum atomic E-state index is -1.13. The second-order valence-electron chi connectivity index (χ2n) is 4.27. The molecular weight excluding hydrogens is 226 g/mol. The molecule has 0 heterocycles. The van der Waals surface area contributed by atoms with Crippen molar-refractivity contribution in [2.75, 3.05) is 0 Å². The van der Waals surface area contributed by atoms with Gasteiger partial charge in [0.1, 0.15) is 5.54 Å². The average Bonchev–Trinajstić information content (AvgIpc) is 2.24. The number of benzene rings is 1. The molecule has 4 heteroatoms. The molecule has 1 aromatic carbocycles. The van der Waals surface area contributed by atoms with Gasteiger partial charge in [0.15, 0.2) is 5.78 Å². The van der Waals surface area contributed by atoms with Gasteiger partial charge in [-0.15, -0.1) is 0 Å². The molecule has 1 aliphatic carbocycles. The van der Waals surface area contributed by atoms with Crippen molar-refractivity contribution in [1.82, 2.24) is 0 Å². The molecular formula is C12H14ClNO2. The standard InChI is InChI=1S/C12H14ClNO2/c13-10-4-2-1-3-9(10)12(14)7-8(15)5-6-11(12)16/h1-4,8,15H,5-7,14H2/t8-,12+/m1/s1. The van der Waals surface area contributed by atoms with Crippen LogP contribution in [0.25, 0.3) is 0 Å². The van der Waals surface area contributed by atoms with Crippen molar-refractivity contribution in [2.24, 2.45) is 5.73 Å². The van der Waals surface area contributed by atoms with Crippen LogP contribution >= 0.6 is 11.6 Å². The Hall–Kier alpha value is -0.900. The van der Waals surface area contributed by atoms with Crippen LogP contribution in [0.4, 0.5) is 0 Å². The van der Waals surface area contributed by atoms with E-state index in [1.54, 1.807) is 24.3 Å². The third-order valence-corrected chi connectivity index (χ3v) is 3.44. The molecule has 1 saturated carbocycles. The minimum Gasteiger partial charge on any atom is -0.393 e. The number of aliphatic hydroxyl groups is 1. The normalized spacial score (nSPS) is 30.4. The molecule has 0 radical (unpaired) electrons. The van der Waals surface area contributed by atoms with Crippen molar-refractivity contribution in [2.45, 2.75) is 30.9 Å². The summed E-state index contributed by atoms with van der Waals surface area (Å²) < 4.78 is 0. The van der Waals surface area contributed by atoms with E-state index in [1.807, 2.05) is 0 Å². The lowest BCUT2D eigenvalue weighted by Crippen LogP contribution is -2.50. The van der Waals surface area contributed by atoms with Gasteiger partial charge in [0.05, 0.1) is 6.10 Å². The van der Waals surface area contributed by atoms with Gasteiger partial charge >= 0.3 is 0 Å². The summed E-state index contributed by atoms with van der Waals surface area (Å²) in [5, 5.41) is 10.1. The smallest absolute Gasteiger partial charge is 0.157 e. The van der Waals surface area contributed by atoms with Gasteiger partial charge in [0.2, 0.25) is 0 Å². The van der Waals surface area contributed by atoms with Gasteiger partial charge in [-0.25, -0.2) is 0 Å². The Labute approximate surface area is 99.2 Å². The Morgan fingerprint density at radius 1 is 1.44 bits per heavy atom. The summed E-state index contributed by atoms with van der Waals surface area (Å²) in [4.78, 5) is 11.9. The van der Waals surface area contributed by atoms with Gasteiger partial charge < -0.3 is 10.8 Å². The number of carbonyl (C=O) groups is 1. The number of hydrogen-bond donors (Lipinski definition) is 2. The van der Waals surface area contributed by atoms with Crippen LogP contribution in [-0.2, 0) is 10.3 Å². The van der Waals surface area contributed by atoms with Crippen LogP contribution in [0.5, 0.6) is 0 Å². The van der Waals surface area contributed by atoms with Gasteiger partial charge in [-0.05, 0) is 18.1 Å². The number of Topliss-reactive ketones (excluding diaryl/α,β-unsaturated/α-hetero) is 1. The molecule has 1 aliphatic rings. The van der Waals surface area contributed by atoms with Crippen LogP contribution in [0.2, 0.25) is 5.02 Å². The summed E-state index contributed by atoms with van der Waals surface area (Å²) in [6, 6.07) is 7.04. The third kappa shape index (κ3) is 1.86. The summed E-state index contributed by atoms with van der Waals surface area (Å²) in [6.45, 7) is 0. The fourth-order valence-corrected chi connectivity index (χ4v) is 2.50. The SMILES string of the molecule is N[C@]1(c2ccccc2Cl)C[C@H](O)CCC1=O. The van der Waals surface area contributed by atoms with E-state index >= 15 is 0 Å². The predicted octanol–water partition coefficient (Wildman–Crippen LogP) is 1.61. The first-order chi connectivity index (χ1) is 7.54. The first kappa shape index (κ1) is 11.6. The van der Waals surface area contributed by atoms with Crippen LogP contribution < -0.4 is 5.73 Å². The van der Waals surface area contributed by atoms with E-state index in [1.165, 1.54) is 0 Å². The first-order valence-electron chi connectivity index (χ1n) is 5.29. The quantitative estimate of drug-likeness (QED) is 0.783. The fraction of sp³-hybridized carbons (Fsp3) is 0.417. The van der Waals surface area contributed by atoms with Crippen molar-refractivity contribution in [3.63, 3.8) is 0 Å². The maximum atomic E-state index is 11.9. The lowest BCUT2D eigenvalue weighted by atomic mass is 9.75. The van der Waals surface area contributed by atoms with Gasteiger partial charge in [-0.3, -0.25) is 4.79 Å². The molecule has 1 fully saturated rings. The second-order valence-corrected chi connectivity index (χ2v) is 4.68. The van der Waals surface area contributed by atoms with Crippen LogP contribution in [-0.4, -0.2) is 17.0 Å². The molecule has 0 aromatic heterocycles. The Morgan fingerprint density at radius 3 is 2.81 bits per heavy atom. The number of aliphatic hydroxyl groups excluding tert-OH is 1. The van der Waals surface area contributed by atoms with Crippen LogP contribution in [0, 0.1) is 0 Å². The lowest BCUT2D eigenvalue weighted by molar-refractivity contribution is -0.129. The maximum absolute atomic E-state index is 11.9. The van der Waals surface area contributed by atoms with Gasteiger partial charge in [0, 0.05) is 17.9 Å². The van der Waals surface area contributed by atoms with Crippen molar-refractivity contribution in [3.05, 3.63) is 34.9 Å². The number of halogens is 1. The number of hydrogen-bond acceptors (Lipinski definition) is 3. The Kier molecular flexibility index (Phi) is 3.02. The highest BCUT2D eigenvalue weighted by Crippen LogP contribution is 2.35. The molecule has 0 saturated heterocycles. The molecule has 2 atom stereocenters. The lowest BCUT2D eigenvalue weighted by Gasteiger charge is -2.35. The van der Waals surface area contributed by atoms with E-state index in [9.17, 15) is 9.90 Å². The molecule has 16 heavy (non-hydrogen) atoms. The average molecular weight is 240 g/mol. The molecule has 0 spiro atoms. The summed E-state index contributed by atoms with van der Waals surface area (Å²) in [6.07, 6.45) is 0.514. The van der Waals surface area contributed by atoms with E-state index in [4.69, 9.17) is 17.3 Å². The van der Waals surface area contributed by atoms with Crippen molar-refractivity contribution < 1.29 is 9.90 Å². The number of rotatable bonds is 1. The molecule has 0 bridgehead atoms. The molecule has 0 amide bonds. The Bertz CT molecular complexity index is 421. The predicted molar refractivity (Wildman–Crippen MR) is 62.2 cm³/mol. The van der Waals surface area contributed by atoms with E-state index < -0.39 is 11.6 Å². The highest BCUT2D eigenvalue weighted by molar-refractivity contribution is 6.31. The minimum absolute atomic E-state index is 0.0501. The summed E-state index contributed by atoms with van der Waals surface area (Å²) >= 11 is 6.05. The van der Waals surface area contributed by atoms with Crippen molar-refractivity contribution >= 4 is 17.4 Å². The molecule has 3 nitrogen and oxygen atoms in total. The zero-order valence-electron chi connectivity index (χ0n) is 8.82. The van der Waals surface area contributed by atoms with Crippen LogP contribution in [0.15, 0.2) is 24.3 Å². The van der Waals surface area contributed by atoms with E-state index in [2.05, 4.69) is 0 Å². The summed E-state index contributed by atoms with van der Waals surface area (Å²) in [5.74, 6) is -0.0501. The fourth-order valence-electron chi connectivity index (χ4n) is 2.19. The maximum Gasteiger partial charge on any atom is 0.157 e. The molecule has 0 unspecified atom stereocenters. The topological polar surface area (TPSA) is 63.3 Å². The summed E-state index contributed by atoms with van der Waals surface area (Å²) in [5.41, 5.74) is 5.60. The number of nitrogens with two attached hydrogens (primary N) is 1. The van der Waals surface area contributed by atoms with Crippen molar-refractivity contribution in [3.8, 4) is 0 Å². The largest absolute Gasteiger partial charge is 0.393 e. The molecule has 3 N–H and O–H groups in total. The Morgan fingerprint density at radius 2 is 2.12 bits per heavy atom. The molecule has 2 rings (SSSR count). The number of ketones is 1.